The van der Waals surface area contributed by atoms with Crippen molar-refractivity contribution in [2.45, 2.75) is 35.3 Å². The molecule has 1 N–H and O–H groups in total. The van der Waals surface area contributed by atoms with Crippen molar-refractivity contribution in [1.82, 2.24) is 0 Å². The summed E-state index contributed by atoms with van der Waals surface area (Å²) >= 11 is 3.60. The van der Waals surface area contributed by atoms with E-state index < -0.39 is 0 Å². The maximum atomic E-state index is 9.34. The van der Waals surface area contributed by atoms with Crippen LogP contribution in [0.3, 0.4) is 0 Å². The number of rotatable bonds is 5. The zero-order valence-electron chi connectivity index (χ0n) is 11.5. The van der Waals surface area contributed by atoms with Crippen LogP contribution in [0.15, 0.2) is 23.1 Å². The Kier molecular flexibility index (Phi) is 5.06. The largest absolute Gasteiger partial charge is 0.383 e. The number of nitrogens with zero attached hydrogens (tertiary/aromatic N) is 1. The maximum absolute atomic E-state index is 9.34. The first-order chi connectivity index (χ1) is 9.24. The van der Waals surface area contributed by atoms with Gasteiger partial charge in [-0.05, 0) is 37.5 Å². The Morgan fingerprint density at radius 2 is 2.05 bits per heavy atom. The minimum atomic E-state index is 0.363. The number of thioether (sulfide) groups is 2. The molecule has 0 heterocycles. The molecule has 0 aliphatic heterocycles. The van der Waals surface area contributed by atoms with Gasteiger partial charge in [-0.1, -0.05) is 18.9 Å². The lowest BCUT2D eigenvalue weighted by Crippen LogP contribution is -2.30. The van der Waals surface area contributed by atoms with Crippen LogP contribution in [0.25, 0.3) is 0 Å². The molecule has 0 radical (unpaired) electrons. The first-order valence-corrected chi connectivity index (χ1v) is 9.06. The minimum Gasteiger partial charge on any atom is -0.383 e. The molecule has 1 fully saturated rings. The molecule has 0 saturated heterocycles. The molecule has 1 aromatic carbocycles. The van der Waals surface area contributed by atoms with Gasteiger partial charge in [0, 0.05) is 16.2 Å². The predicted molar refractivity (Wildman–Crippen MR) is 86.1 cm³/mol. The van der Waals surface area contributed by atoms with Crippen molar-refractivity contribution in [3.63, 3.8) is 0 Å². The molecule has 0 unspecified atom stereocenters. The Bertz CT molecular complexity index is 474. The summed E-state index contributed by atoms with van der Waals surface area (Å²) in [5.74, 6) is 0. The fraction of sp³-hybridized carbons (Fsp3) is 0.533. The van der Waals surface area contributed by atoms with Gasteiger partial charge >= 0.3 is 0 Å². The monoisotopic (exact) mass is 292 g/mol. The van der Waals surface area contributed by atoms with E-state index >= 15 is 0 Å². The van der Waals surface area contributed by atoms with E-state index in [9.17, 15) is 5.26 Å². The summed E-state index contributed by atoms with van der Waals surface area (Å²) < 4.78 is 0.363. The molecule has 2 rings (SSSR count). The zero-order valence-corrected chi connectivity index (χ0v) is 13.2. The van der Waals surface area contributed by atoms with Gasteiger partial charge in [0.2, 0.25) is 0 Å². The van der Waals surface area contributed by atoms with Gasteiger partial charge in [-0.15, -0.1) is 11.8 Å². The van der Waals surface area contributed by atoms with E-state index in [1.54, 1.807) is 11.8 Å². The molecule has 0 atom stereocenters. The summed E-state index contributed by atoms with van der Waals surface area (Å²) in [6.07, 6.45) is 9.45. The van der Waals surface area contributed by atoms with E-state index in [0.717, 1.165) is 22.7 Å². The third-order valence-electron chi connectivity index (χ3n) is 3.91. The van der Waals surface area contributed by atoms with Gasteiger partial charge in [-0.2, -0.15) is 17.0 Å². The Morgan fingerprint density at radius 3 is 2.63 bits per heavy atom. The van der Waals surface area contributed by atoms with Crippen LogP contribution in [0.4, 0.5) is 5.69 Å². The molecule has 0 aromatic heterocycles. The fourth-order valence-electron chi connectivity index (χ4n) is 2.69. The van der Waals surface area contributed by atoms with Crippen molar-refractivity contribution in [3.05, 3.63) is 23.8 Å². The van der Waals surface area contributed by atoms with Crippen molar-refractivity contribution < 1.29 is 0 Å². The van der Waals surface area contributed by atoms with Gasteiger partial charge in [-0.25, -0.2) is 0 Å². The first kappa shape index (κ1) is 14.6. The van der Waals surface area contributed by atoms with Gasteiger partial charge in [-0.3, -0.25) is 0 Å². The molecule has 0 amide bonds. The van der Waals surface area contributed by atoms with Crippen LogP contribution in [0.5, 0.6) is 0 Å². The van der Waals surface area contributed by atoms with Crippen LogP contribution in [-0.2, 0) is 0 Å². The lowest BCUT2D eigenvalue weighted by atomic mass is 10.1. The molecule has 1 aliphatic carbocycles. The van der Waals surface area contributed by atoms with E-state index in [2.05, 4.69) is 17.6 Å². The van der Waals surface area contributed by atoms with Gasteiger partial charge in [0.25, 0.3) is 0 Å². The SMILES string of the molecule is CSc1cccc(NCC2(SC)CCCC2)c1C#N. The number of nitrogens with one attached hydrogen (secondary N) is 1. The molecular weight excluding hydrogens is 272 g/mol. The molecule has 19 heavy (non-hydrogen) atoms. The molecular formula is C15H20N2S2. The Morgan fingerprint density at radius 1 is 1.32 bits per heavy atom. The predicted octanol–water partition coefficient (Wildman–Crippen LogP) is 4.37. The Hall–Kier alpha value is -0.790. The van der Waals surface area contributed by atoms with Gasteiger partial charge < -0.3 is 5.32 Å². The minimum absolute atomic E-state index is 0.363. The van der Waals surface area contributed by atoms with Crippen LogP contribution in [0.1, 0.15) is 31.2 Å². The molecule has 102 valence electrons. The molecule has 2 nitrogen and oxygen atoms in total. The molecule has 4 heteroatoms. The van der Waals surface area contributed by atoms with Crippen LogP contribution in [-0.4, -0.2) is 23.8 Å². The van der Waals surface area contributed by atoms with Gasteiger partial charge in [0.15, 0.2) is 0 Å². The van der Waals surface area contributed by atoms with Crippen LogP contribution < -0.4 is 5.32 Å². The van der Waals surface area contributed by atoms with E-state index in [1.165, 1.54) is 25.7 Å². The van der Waals surface area contributed by atoms with E-state index in [0.29, 0.717) is 4.75 Å². The lowest BCUT2D eigenvalue weighted by Gasteiger charge is -2.27. The summed E-state index contributed by atoms with van der Waals surface area (Å²) in [6.45, 7) is 0.959. The second kappa shape index (κ2) is 6.58. The van der Waals surface area contributed by atoms with Crippen LogP contribution in [0, 0.1) is 11.3 Å². The Balaban J connectivity index is 2.13. The number of hydrogen-bond acceptors (Lipinski definition) is 4. The molecule has 1 aliphatic rings. The highest BCUT2D eigenvalue weighted by atomic mass is 32.2. The van der Waals surface area contributed by atoms with E-state index in [1.807, 2.05) is 36.2 Å². The van der Waals surface area contributed by atoms with Crippen LogP contribution in [0.2, 0.25) is 0 Å². The third-order valence-corrected chi connectivity index (χ3v) is 6.11. The van der Waals surface area contributed by atoms with Gasteiger partial charge in [0.05, 0.1) is 11.3 Å². The van der Waals surface area contributed by atoms with Gasteiger partial charge in [0.1, 0.15) is 6.07 Å². The summed E-state index contributed by atoms with van der Waals surface area (Å²) in [5.41, 5.74) is 1.76. The van der Waals surface area contributed by atoms with Crippen LogP contribution >= 0.6 is 23.5 Å². The zero-order chi connectivity index (χ0) is 13.7. The van der Waals surface area contributed by atoms with Crippen molar-refractivity contribution in [2.75, 3.05) is 24.4 Å². The maximum Gasteiger partial charge on any atom is 0.102 e. The highest BCUT2D eigenvalue weighted by Gasteiger charge is 2.32. The van der Waals surface area contributed by atoms with E-state index in [-0.39, 0.29) is 0 Å². The second-order valence-electron chi connectivity index (χ2n) is 4.94. The third kappa shape index (κ3) is 3.21. The van der Waals surface area contributed by atoms with Crippen molar-refractivity contribution in [1.29, 1.82) is 5.26 Å². The summed E-state index contributed by atoms with van der Waals surface area (Å²) in [7, 11) is 0. The second-order valence-corrected chi connectivity index (χ2v) is 7.06. The average Bonchev–Trinajstić information content (AvgIpc) is 2.94. The fourth-order valence-corrected chi connectivity index (χ4v) is 4.18. The molecule has 1 saturated carbocycles. The number of anilines is 1. The smallest absolute Gasteiger partial charge is 0.102 e. The standard InChI is InChI=1S/C15H20N2S2/c1-18-14-7-5-6-13(12(14)10-16)17-11-15(19-2)8-3-4-9-15/h5-7,17H,3-4,8-9,11H2,1-2H3. The normalized spacial score (nSPS) is 17.1. The quantitative estimate of drug-likeness (QED) is 0.818. The Labute approximate surface area is 124 Å². The number of hydrogen-bond donors (Lipinski definition) is 1. The highest BCUT2D eigenvalue weighted by molar-refractivity contribution is 8.00. The molecule has 1 aromatic rings. The topological polar surface area (TPSA) is 35.8 Å². The average molecular weight is 292 g/mol. The molecule has 0 spiro atoms. The first-order valence-electron chi connectivity index (χ1n) is 6.61. The highest BCUT2D eigenvalue weighted by Crippen LogP contribution is 2.40. The lowest BCUT2D eigenvalue weighted by molar-refractivity contribution is 0.640. The molecule has 0 bridgehead atoms. The van der Waals surface area contributed by atoms with E-state index in [4.69, 9.17) is 0 Å². The number of nitriles is 1. The summed E-state index contributed by atoms with van der Waals surface area (Å²) in [6, 6.07) is 8.38. The summed E-state index contributed by atoms with van der Waals surface area (Å²) in [4.78, 5) is 1.05. The summed E-state index contributed by atoms with van der Waals surface area (Å²) in [5, 5.41) is 12.9. The van der Waals surface area contributed by atoms with Crippen molar-refractivity contribution in [2.24, 2.45) is 0 Å². The van der Waals surface area contributed by atoms with Crippen molar-refractivity contribution >= 4 is 29.2 Å². The van der Waals surface area contributed by atoms with Crippen molar-refractivity contribution in [3.8, 4) is 6.07 Å². The number of benzene rings is 1.